The first-order chi connectivity index (χ1) is 14.1. The van der Waals surface area contributed by atoms with Crippen molar-refractivity contribution in [2.45, 2.75) is 6.42 Å². The number of aryl methyl sites for hydroxylation is 1. The van der Waals surface area contributed by atoms with E-state index in [1.165, 1.54) is 0 Å². The maximum absolute atomic E-state index is 12.7. The van der Waals surface area contributed by atoms with Crippen LogP contribution < -0.4 is 4.90 Å². The summed E-state index contributed by atoms with van der Waals surface area (Å²) < 4.78 is 1.74. The van der Waals surface area contributed by atoms with Gasteiger partial charge in [0.05, 0.1) is 0 Å². The molecule has 1 saturated heterocycles. The third-order valence-electron chi connectivity index (χ3n) is 5.01. The number of imidazole rings is 1. The van der Waals surface area contributed by atoms with Crippen molar-refractivity contribution in [3.05, 3.63) is 72.2 Å². The van der Waals surface area contributed by atoms with E-state index in [0.29, 0.717) is 36.7 Å². The SMILES string of the molecule is Cn1ccnc1C(=O)N1CCCN(c2cccc(C(=O)c3cccnc3)n2)CC1. The largest absolute Gasteiger partial charge is 0.355 e. The Morgan fingerprint density at radius 3 is 2.66 bits per heavy atom. The van der Waals surface area contributed by atoms with E-state index in [0.717, 1.165) is 18.8 Å². The molecule has 1 amide bonds. The molecule has 4 rings (SSSR count). The fourth-order valence-electron chi connectivity index (χ4n) is 3.43. The molecule has 1 aliphatic rings. The first-order valence-corrected chi connectivity index (χ1v) is 9.57. The van der Waals surface area contributed by atoms with Gasteiger partial charge in [0.1, 0.15) is 11.5 Å². The van der Waals surface area contributed by atoms with Crippen LogP contribution in [0, 0.1) is 0 Å². The van der Waals surface area contributed by atoms with Crippen LogP contribution in [0.4, 0.5) is 5.82 Å². The minimum Gasteiger partial charge on any atom is -0.355 e. The lowest BCUT2D eigenvalue weighted by Gasteiger charge is -2.23. The summed E-state index contributed by atoms with van der Waals surface area (Å²) in [7, 11) is 1.82. The number of ketones is 1. The predicted octanol–water partition coefficient (Wildman–Crippen LogP) is 1.79. The van der Waals surface area contributed by atoms with E-state index in [9.17, 15) is 9.59 Å². The van der Waals surface area contributed by atoms with Crippen LogP contribution in [0.2, 0.25) is 0 Å². The summed E-state index contributed by atoms with van der Waals surface area (Å²) in [6.07, 6.45) is 7.40. The average molecular weight is 390 g/mol. The Bertz CT molecular complexity index is 1020. The van der Waals surface area contributed by atoms with E-state index >= 15 is 0 Å². The van der Waals surface area contributed by atoms with Crippen molar-refractivity contribution in [1.29, 1.82) is 0 Å². The Labute approximate surface area is 168 Å². The van der Waals surface area contributed by atoms with Crippen molar-refractivity contribution in [1.82, 2.24) is 24.4 Å². The topological polar surface area (TPSA) is 84.2 Å². The van der Waals surface area contributed by atoms with Gasteiger partial charge in [0.15, 0.2) is 5.82 Å². The van der Waals surface area contributed by atoms with Crippen molar-refractivity contribution in [2.24, 2.45) is 7.05 Å². The Balaban J connectivity index is 1.48. The highest BCUT2D eigenvalue weighted by Gasteiger charge is 2.23. The molecule has 3 aromatic rings. The van der Waals surface area contributed by atoms with Gasteiger partial charge in [-0.1, -0.05) is 6.07 Å². The van der Waals surface area contributed by atoms with E-state index < -0.39 is 0 Å². The number of hydrogen-bond donors (Lipinski definition) is 0. The standard InChI is InChI=1S/C21H22N6O2/c1-25-12-9-23-20(25)21(29)27-11-4-10-26(13-14-27)18-7-2-6-17(24-18)19(28)16-5-3-8-22-15-16/h2-3,5-9,12,15H,4,10-11,13-14H2,1H3. The monoisotopic (exact) mass is 390 g/mol. The lowest BCUT2D eigenvalue weighted by Crippen LogP contribution is -2.36. The molecule has 29 heavy (non-hydrogen) atoms. The van der Waals surface area contributed by atoms with E-state index in [-0.39, 0.29) is 11.7 Å². The molecule has 0 aromatic carbocycles. The molecule has 8 nitrogen and oxygen atoms in total. The summed E-state index contributed by atoms with van der Waals surface area (Å²) in [6.45, 7) is 2.65. The lowest BCUT2D eigenvalue weighted by molar-refractivity contribution is 0.0751. The molecular formula is C21H22N6O2. The molecule has 0 aliphatic carbocycles. The van der Waals surface area contributed by atoms with E-state index in [1.807, 2.05) is 24.1 Å². The number of anilines is 1. The van der Waals surface area contributed by atoms with Crippen LogP contribution in [0.25, 0.3) is 0 Å². The van der Waals surface area contributed by atoms with Crippen molar-refractivity contribution in [2.75, 3.05) is 31.1 Å². The number of pyridine rings is 2. The van der Waals surface area contributed by atoms with Gasteiger partial charge in [0.25, 0.3) is 5.91 Å². The maximum atomic E-state index is 12.7. The summed E-state index contributed by atoms with van der Waals surface area (Å²) >= 11 is 0. The van der Waals surface area contributed by atoms with Gasteiger partial charge in [-0.3, -0.25) is 14.6 Å². The number of carbonyl (C=O) groups excluding carboxylic acids is 2. The number of aromatic nitrogens is 4. The van der Waals surface area contributed by atoms with Gasteiger partial charge >= 0.3 is 0 Å². The first kappa shape index (κ1) is 18.8. The normalized spacial score (nSPS) is 14.5. The predicted molar refractivity (Wildman–Crippen MR) is 108 cm³/mol. The van der Waals surface area contributed by atoms with Crippen LogP contribution in [-0.4, -0.2) is 62.3 Å². The van der Waals surface area contributed by atoms with E-state index in [1.54, 1.807) is 47.6 Å². The first-order valence-electron chi connectivity index (χ1n) is 9.57. The van der Waals surface area contributed by atoms with Gasteiger partial charge in [0, 0.05) is 63.6 Å². The summed E-state index contributed by atoms with van der Waals surface area (Å²) in [5, 5.41) is 0. The van der Waals surface area contributed by atoms with Gasteiger partial charge in [-0.15, -0.1) is 0 Å². The minimum atomic E-state index is -0.152. The second-order valence-electron chi connectivity index (χ2n) is 6.95. The van der Waals surface area contributed by atoms with Gasteiger partial charge in [-0.25, -0.2) is 9.97 Å². The summed E-state index contributed by atoms with van der Waals surface area (Å²) in [5.74, 6) is 0.973. The van der Waals surface area contributed by atoms with Crippen molar-refractivity contribution in [3.8, 4) is 0 Å². The zero-order valence-corrected chi connectivity index (χ0v) is 16.2. The third kappa shape index (κ3) is 4.01. The fraction of sp³-hybridized carbons (Fsp3) is 0.286. The zero-order chi connectivity index (χ0) is 20.2. The van der Waals surface area contributed by atoms with Crippen molar-refractivity contribution in [3.63, 3.8) is 0 Å². The summed E-state index contributed by atoms with van der Waals surface area (Å²) in [4.78, 5) is 42.1. The lowest BCUT2D eigenvalue weighted by atomic mass is 10.1. The highest BCUT2D eigenvalue weighted by molar-refractivity contribution is 6.07. The van der Waals surface area contributed by atoms with Gasteiger partial charge in [-0.2, -0.15) is 0 Å². The number of rotatable bonds is 4. The molecule has 0 N–H and O–H groups in total. The van der Waals surface area contributed by atoms with Gasteiger partial charge < -0.3 is 14.4 Å². The molecular weight excluding hydrogens is 368 g/mol. The summed E-state index contributed by atoms with van der Waals surface area (Å²) in [6, 6.07) is 8.92. The molecule has 8 heteroatoms. The van der Waals surface area contributed by atoms with Crippen LogP contribution in [-0.2, 0) is 7.05 Å². The smallest absolute Gasteiger partial charge is 0.289 e. The highest BCUT2D eigenvalue weighted by Crippen LogP contribution is 2.17. The van der Waals surface area contributed by atoms with E-state index in [2.05, 4.69) is 19.9 Å². The molecule has 0 saturated carbocycles. The van der Waals surface area contributed by atoms with Crippen molar-refractivity contribution < 1.29 is 9.59 Å². The molecule has 0 radical (unpaired) electrons. The van der Waals surface area contributed by atoms with Gasteiger partial charge in [-0.05, 0) is 30.7 Å². The molecule has 4 heterocycles. The fourth-order valence-corrected chi connectivity index (χ4v) is 3.43. The molecule has 0 atom stereocenters. The molecule has 0 spiro atoms. The molecule has 148 valence electrons. The van der Waals surface area contributed by atoms with Crippen LogP contribution in [0.3, 0.4) is 0 Å². The van der Waals surface area contributed by atoms with Crippen LogP contribution >= 0.6 is 0 Å². The number of carbonyl (C=O) groups is 2. The highest BCUT2D eigenvalue weighted by atomic mass is 16.2. The second-order valence-corrected chi connectivity index (χ2v) is 6.95. The molecule has 0 bridgehead atoms. The van der Waals surface area contributed by atoms with Crippen LogP contribution in [0.5, 0.6) is 0 Å². The Morgan fingerprint density at radius 2 is 1.90 bits per heavy atom. The van der Waals surface area contributed by atoms with Crippen LogP contribution in [0.15, 0.2) is 55.1 Å². The van der Waals surface area contributed by atoms with E-state index in [4.69, 9.17) is 0 Å². The Kier molecular flexibility index (Phi) is 5.33. The Morgan fingerprint density at radius 1 is 1.00 bits per heavy atom. The number of hydrogen-bond acceptors (Lipinski definition) is 6. The third-order valence-corrected chi connectivity index (χ3v) is 5.01. The number of nitrogens with zero attached hydrogens (tertiary/aromatic N) is 6. The average Bonchev–Trinajstić information content (AvgIpc) is 3.04. The molecule has 1 aliphatic heterocycles. The minimum absolute atomic E-state index is 0.0622. The van der Waals surface area contributed by atoms with Crippen LogP contribution in [0.1, 0.15) is 33.1 Å². The summed E-state index contributed by atoms with van der Waals surface area (Å²) in [5.41, 5.74) is 0.903. The molecule has 0 unspecified atom stereocenters. The number of amides is 1. The van der Waals surface area contributed by atoms with Crippen molar-refractivity contribution >= 4 is 17.5 Å². The Hall–Kier alpha value is -3.55. The molecule has 3 aromatic heterocycles. The quantitative estimate of drug-likeness (QED) is 0.632. The van der Waals surface area contributed by atoms with Gasteiger partial charge in [0.2, 0.25) is 5.78 Å². The zero-order valence-electron chi connectivity index (χ0n) is 16.2. The molecule has 1 fully saturated rings. The second kappa shape index (κ2) is 8.22. The maximum Gasteiger partial charge on any atom is 0.289 e.